The van der Waals surface area contributed by atoms with Gasteiger partial charge in [-0.1, -0.05) is 0 Å². The minimum absolute atomic E-state index is 0.0637. The summed E-state index contributed by atoms with van der Waals surface area (Å²) in [5.41, 5.74) is 6.74. The molecule has 1 aliphatic carbocycles. The molecule has 0 aromatic heterocycles. The quantitative estimate of drug-likeness (QED) is 0.660. The van der Waals surface area contributed by atoms with Gasteiger partial charge in [0.2, 0.25) is 5.92 Å². The van der Waals surface area contributed by atoms with Gasteiger partial charge in [0.1, 0.15) is 0 Å². The fourth-order valence-corrected chi connectivity index (χ4v) is 2.60. The Labute approximate surface area is 113 Å². The predicted molar refractivity (Wildman–Crippen MR) is 69.8 cm³/mol. The average molecular weight is 318 g/mol. The Bertz CT molecular complexity index is 466. The number of Topliss-reactive ketones (excluding diaryl/α,β-unsaturated/α-hetero) is 1. The average Bonchev–Trinajstić information content (AvgIpc) is 2.32. The van der Waals surface area contributed by atoms with Gasteiger partial charge in [-0.25, -0.2) is 8.78 Å². The third kappa shape index (κ3) is 2.88. The lowest BCUT2D eigenvalue weighted by Gasteiger charge is -2.27. The lowest BCUT2D eigenvalue weighted by molar-refractivity contribution is -0.0424. The number of hydrogen-bond acceptors (Lipinski definition) is 2. The lowest BCUT2D eigenvalue weighted by atomic mass is 9.82. The number of carbonyl (C=O) groups is 1. The molecular formula is C13H14BrF2NO. The molecule has 2 nitrogen and oxygen atoms in total. The molecule has 0 amide bonds. The van der Waals surface area contributed by atoms with Gasteiger partial charge in [0.15, 0.2) is 5.78 Å². The van der Waals surface area contributed by atoms with Gasteiger partial charge in [0.05, 0.1) is 0 Å². The van der Waals surface area contributed by atoms with Crippen LogP contribution in [0.4, 0.5) is 14.5 Å². The van der Waals surface area contributed by atoms with Gasteiger partial charge >= 0.3 is 0 Å². The number of anilines is 1. The number of alkyl halides is 2. The van der Waals surface area contributed by atoms with Crippen LogP contribution >= 0.6 is 15.9 Å². The molecule has 1 aromatic carbocycles. The van der Waals surface area contributed by atoms with Crippen molar-refractivity contribution in [1.82, 2.24) is 0 Å². The van der Waals surface area contributed by atoms with Crippen molar-refractivity contribution in [3.63, 3.8) is 0 Å². The molecule has 1 saturated carbocycles. The molecule has 0 bridgehead atoms. The number of hydrogen-bond donors (Lipinski definition) is 1. The number of nitrogen functional groups attached to an aromatic ring is 1. The molecule has 0 aliphatic heterocycles. The molecule has 2 rings (SSSR count). The minimum atomic E-state index is -2.60. The Kier molecular flexibility index (Phi) is 3.71. The van der Waals surface area contributed by atoms with Crippen LogP contribution in [0.15, 0.2) is 22.7 Å². The van der Waals surface area contributed by atoms with Crippen molar-refractivity contribution in [3.05, 3.63) is 28.2 Å². The zero-order valence-corrected chi connectivity index (χ0v) is 11.3. The van der Waals surface area contributed by atoms with Crippen molar-refractivity contribution >= 4 is 27.4 Å². The molecule has 18 heavy (non-hydrogen) atoms. The first-order valence-corrected chi connectivity index (χ1v) is 6.65. The summed E-state index contributed by atoms with van der Waals surface area (Å²) < 4.78 is 26.7. The normalized spacial score (nSPS) is 19.7. The molecule has 0 radical (unpaired) electrons. The molecule has 5 heteroatoms. The van der Waals surface area contributed by atoms with Gasteiger partial charge in [-0.2, -0.15) is 0 Å². The third-order valence-corrected chi connectivity index (χ3v) is 4.06. The lowest BCUT2D eigenvalue weighted by Crippen LogP contribution is -2.28. The van der Waals surface area contributed by atoms with Crippen LogP contribution in [0.3, 0.4) is 0 Å². The molecule has 1 fully saturated rings. The van der Waals surface area contributed by atoms with E-state index in [1.165, 1.54) is 0 Å². The Morgan fingerprint density at radius 3 is 2.50 bits per heavy atom. The van der Waals surface area contributed by atoms with Crippen molar-refractivity contribution in [2.24, 2.45) is 5.92 Å². The van der Waals surface area contributed by atoms with Crippen LogP contribution in [0.25, 0.3) is 0 Å². The highest BCUT2D eigenvalue weighted by molar-refractivity contribution is 9.10. The highest BCUT2D eigenvalue weighted by Crippen LogP contribution is 2.37. The van der Waals surface area contributed by atoms with Gasteiger partial charge in [0.25, 0.3) is 0 Å². The zero-order chi connectivity index (χ0) is 13.3. The fourth-order valence-electron chi connectivity index (χ4n) is 2.22. The van der Waals surface area contributed by atoms with Crippen LogP contribution < -0.4 is 5.73 Å². The number of rotatable bonds is 2. The van der Waals surface area contributed by atoms with Crippen LogP contribution in [0.1, 0.15) is 36.0 Å². The van der Waals surface area contributed by atoms with E-state index in [0.717, 1.165) is 0 Å². The first kappa shape index (κ1) is 13.5. The van der Waals surface area contributed by atoms with E-state index in [4.69, 9.17) is 5.73 Å². The number of nitrogens with two attached hydrogens (primary N) is 1. The van der Waals surface area contributed by atoms with Gasteiger partial charge < -0.3 is 5.73 Å². The second-order valence-electron chi connectivity index (χ2n) is 4.73. The van der Waals surface area contributed by atoms with E-state index in [0.29, 0.717) is 15.7 Å². The third-order valence-electron chi connectivity index (χ3n) is 3.37. The maximum absolute atomic E-state index is 13.0. The van der Waals surface area contributed by atoms with Crippen molar-refractivity contribution in [3.8, 4) is 0 Å². The van der Waals surface area contributed by atoms with Crippen LogP contribution in [0, 0.1) is 5.92 Å². The molecule has 0 saturated heterocycles. The molecule has 0 heterocycles. The van der Waals surface area contributed by atoms with E-state index in [-0.39, 0.29) is 37.4 Å². The van der Waals surface area contributed by atoms with E-state index < -0.39 is 5.92 Å². The van der Waals surface area contributed by atoms with E-state index in [1.807, 2.05) is 0 Å². The molecular weight excluding hydrogens is 304 g/mol. The van der Waals surface area contributed by atoms with Gasteiger partial charge in [-0.15, -0.1) is 0 Å². The van der Waals surface area contributed by atoms with E-state index in [9.17, 15) is 13.6 Å². The highest BCUT2D eigenvalue weighted by Gasteiger charge is 2.37. The van der Waals surface area contributed by atoms with Crippen LogP contribution in [0.2, 0.25) is 0 Å². The SMILES string of the molecule is Nc1ccc(C(=O)C2CCC(F)(F)CC2)cc1Br. The zero-order valence-electron chi connectivity index (χ0n) is 9.76. The molecule has 1 aromatic rings. The fraction of sp³-hybridized carbons (Fsp3) is 0.462. The first-order valence-electron chi connectivity index (χ1n) is 5.86. The van der Waals surface area contributed by atoms with Gasteiger partial charge in [-0.05, 0) is 47.0 Å². The second kappa shape index (κ2) is 4.96. The van der Waals surface area contributed by atoms with E-state index in [1.54, 1.807) is 18.2 Å². The van der Waals surface area contributed by atoms with Crippen LogP contribution in [0.5, 0.6) is 0 Å². The maximum atomic E-state index is 13.0. The van der Waals surface area contributed by atoms with E-state index in [2.05, 4.69) is 15.9 Å². The summed E-state index contributed by atoms with van der Waals surface area (Å²) in [6.07, 6.45) is 0.126. The maximum Gasteiger partial charge on any atom is 0.248 e. The predicted octanol–water partition coefficient (Wildman–Crippen LogP) is 4.04. The first-order chi connectivity index (χ1) is 8.39. The highest BCUT2D eigenvalue weighted by atomic mass is 79.9. The second-order valence-corrected chi connectivity index (χ2v) is 5.59. The van der Waals surface area contributed by atoms with Crippen molar-refractivity contribution in [1.29, 1.82) is 0 Å². The smallest absolute Gasteiger partial charge is 0.248 e. The summed E-state index contributed by atoms with van der Waals surface area (Å²) in [7, 11) is 0. The van der Waals surface area contributed by atoms with E-state index >= 15 is 0 Å². The summed E-state index contributed by atoms with van der Waals surface area (Å²) in [6.45, 7) is 0. The molecule has 0 unspecified atom stereocenters. The molecule has 0 spiro atoms. The Balaban J connectivity index is 2.10. The summed E-state index contributed by atoms with van der Waals surface area (Å²) >= 11 is 3.26. The van der Waals surface area contributed by atoms with Crippen LogP contribution in [-0.2, 0) is 0 Å². The van der Waals surface area contributed by atoms with Crippen LogP contribution in [-0.4, -0.2) is 11.7 Å². The number of ketones is 1. The molecule has 0 atom stereocenters. The Morgan fingerprint density at radius 2 is 1.94 bits per heavy atom. The monoisotopic (exact) mass is 317 g/mol. The summed E-state index contributed by atoms with van der Waals surface area (Å²) in [4.78, 5) is 12.2. The number of halogens is 3. The summed E-state index contributed by atoms with van der Waals surface area (Å²) in [5.74, 6) is -2.95. The Morgan fingerprint density at radius 1 is 1.33 bits per heavy atom. The minimum Gasteiger partial charge on any atom is -0.398 e. The molecule has 1 aliphatic rings. The molecule has 2 N–H and O–H groups in total. The Hall–Kier alpha value is -0.970. The van der Waals surface area contributed by atoms with Gasteiger partial charge in [0, 0.05) is 34.5 Å². The largest absolute Gasteiger partial charge is 0.398 e. The summed E-state index contributed by atoms with van der Waals surface area (Å²) in [6, 6.07) is 4.95. The van der Waals surface area contributed by atoms with Gasteiger partial charge in [-0.3, -0.25) is 4.79 Å². The van der Waals surface area contributed by atoms with Crippen molar-refractivity contribution in [2.45, 2.75) is 31.6 Å². The standard InChI is InChI=1S/C13H14BrF2NO/c14-10-7-9(1-2-11(10)17)12(18)8-3-5-13(15,16)6-4-8/h1-2,7-8H,3-6,17H2. The topological polar surface area (TPSA) is 43.1 Å². The number of carbonyl (C=O) groups excluding carboxylic acids is 1. The number of benzene rings is 1. The van der Waals surface area contributed by atoms with Crippen molar-refractivity contribution in [2.75, 3.05) is 5.73 Å². The summed E-state index contributed by atoms with van der Waals surface area (Å²) in [5, 5.41) is 0. The van der Waals surface area contributed by atoms with Crippen molar-refractivity contribution < 1.29 is 13.6 Å². The molecule has 98 valence electrons.